The van der Waals surface area contributed by atoms with Crippen LogP contribution < -0.4 is 4.72 Å². The fourth-order valence-electron chi connectivity index (χ4n) is 1.10. The molecule has 0 saturated carbocycles. The zero-order chi connectivity index (χ0) is 14.8. The van der Waals surface area contributed by atoms with Crippen molar-refractivity contribution < 1.29 is 18.1 Å². The quantitative estimate of drug-likeness (QED) is 0.668. The van der Waals surface area contributed by atoms with Crippen LogP contribution in [0.25, 0.3) is 0 Å². The molecule has 0 aliphatic heterocycles. The summed E-state index contributed by atoms with van der Waals surface area (Å²) in [4.78, 5) is 21.2. The van der Waals surface area contributed by atoms with Crippen LogP contribution in [0.4, 0.5) is 5.69 Å². The highest BCUT2D eigenvalue weighted by atomic mass is 32.2. The summed E-state index contributed by atoms with van der Waals surface area (Å²) in [5.41, 5.74) is -1.24. The molecule has 8 heteroatoms. The summed E-state index contributed by atoms with van der Waals surface area (Å²) in [7, 11) is -4.10. The van der Waals surface area contributed by atoms with Gasteiger partial charge in [-0.3, -0.25) is 14.9 Å². The minimum atomic E-state index is -4.10. The molecule has 1 amide bonds. The van der Waals surface area contributed by atoms with Gasteiger partial charge in [-0.2, -0.15) is 0 Å². The maximum atomic E-state index is 11.9. The van der Waals surface area contributed by atoms with Crippen LogP contribution >= 0.6 is 0 Å². The van der Waals surface area contributed by atoms with Crippen molar-refractivity contribution in [3.05, 3.63) is 34.4 Å². The summed E-state index contributed by atoms with van der Waals surface area (Å²) in [5, 5.41) is 10.6. The van der Waals surface area contributed by atoms with Gasteiger partial charge in [0, 0.05) is 17.5 Å². The first-order valence-electron chi connectivity index (χ1n) is 5.36. The van der Waals surface area contributed by atoms with Crippen molar-refractivity contribution in [3.63, 3.8) is 0 Å². The molecule has 0 spiro atoms. The van der Waals surface area contributed by atoms with E-state index < -0.39 is 26.3 Å². The van der Waals surface area contributed by atoms with Crippen molar-refractivity contribution in [1.82, 2.24) is 4.72 Å². The smallest absolute Gasteiger partial charge is 0.270 e. The van der Waals surface area contributed by atoms with Gasteiger partial charge in [0.2, 0.25) is 5.91 Å². The van der Waals surface area contributed by atoms with Crippen molar-refractivity contribution in [1.29, 1.82) is 0 Å². The second-order valence-corrected chi connectivity index (χ2v) is 6.62. The topological polar surface area (TPSA) is 106 Å². The van der Waals surface area contributed by atoms with Crippen LogP contribution in [0.5, 0.6) is 0 Å². The van der Waals surface area contributed by atoms with Gasteiger partial charge in [-0.25, -0.2) is 13.1 Å². The van der Waals surface area contributed by atoms with Crippen LogP contribution in [0.3, 0.4) is 0 Å². The Balaban J connectivity index is 3.11. The third-order valence-electron chi connectivity index (χ3n) is 2.25. The molecule has 0 aromatic heterocycles. The van der Waals surface area contributed by atoms with E-state index in [4.69, 9.17) is 0 Å². The minimum Gasteiger partial charge on any atom is -0.273 e. The predicted octanol–water partition coefficient (Wildman–Crippen LogP) is 1.45. The van der Waals surface area contributed by atoms with Crippen LogP contribution in [0.2, 0.25) is 0 Å². The number of non-ortho nitro benzene ring substituents is 1. The SMILES string of the molecule is CC(C)(C)C(=O)NS(=O)(=O)c1cccc([N+](=O)[O-])c1. The molecule has 0 atom stereocenters. The molecule has 1 N–H and O–H groups in total. The molecule has 19 heavy (non-hydrogen) atoms. The second-order valence-electron chi connectivity index (χ2n) is 4.94. The number of nitro groups is 1. The van der Waals surface area contributed by atoms with Gasteiger partial charge in [-0.15, -0.1) is 0 Å². The van der Waals surface area contributed by atoms with E-state index in [0.29, 0.717) is 0 Å². The predicted molar refractivity (Wildman–Crippen MR) is 67.9 cm³/mol. The lowest BCUT2D eigenvalue weighted by molar-refractivity contribution is -0.385. The van der Waals surface area contributed by atoms with Gasteiger partial charge in [-0.05, 0) is 6.07 Å². The molecule has 0 aliphatic carbocycles. The van der Waals surface area contributed by atoms with Crippen LogP contribution in [0.15, 0.2) is 29.2 Å². The van der Waals surface area contributed by atoms with E-state index in [-0.39, 0.29) is 10.6 Å². The second kappa shape index (κ2) is 4.96. The van der Waals surface area contributed by atoms with Crippen molar-refractivity contribution in [2.45, 2.75) is 25.7 Å². The summed E-state index contributed by atoms with van der Waals surface area (Å²) in [5.74, 6) is -0.681. The Morgan fingerprint density at radius 2 is 1.89 bits per heavy atom. The number of amides is 1. The average Bonchev–Trinajstić information content (AvgIpc) is 2.27. The molecule has 0 fully saturated rings. The van der Waals surface area contributed by atoms with Gasteiger partial charge >= 0.3 is 0 Å². The number of rotatable bonds is 3. The largest absolute Gasteiger partial charge is 0.273 e. The number of sulfonamides is 1. The highest BCUT2D eigenvalue weighted by Gasteiger charge is 2.27. The third kappa shape index (κ3) is 3.75. The Morgan fingerprint density at radius 3 is 2.37 bits per heavy atom. The van der Waals surface area contributed by atoms with E-state index in [1.807, 2.05) is 4.72 Å². The lowest BCUT2D eigenvalue weighted by Gasteiger charge is -2.17. The third-order valence-corrected chi connectivity index (χ3v) is 3.58. The number of hydrogen-bond donors (Lipinski definition) is 1. The fraction of sp³-hybridized carbons (Fsp3) is 0.364. The van der Waals surface area contributed by atoms with Gasteiger partial charge in [-0.1, -0.05) is 26.8 Å². The Hall–Kier alpha value is -1.96. The summed E-state index contributed by atoms with van der Waals surface area (Å²) >= 11 is 0. The van der Waals surface area contributed by atoms with Crippen LogP contribution in [0.1, 0.15) is 20.8 Å². The van der Waals surface area contributed by atoms with E-state index in [2.05, 4.69) is 0 Å². The number of benzene rings is 1. The van der Waals surface area contributed by atoms with Crippen molar-refractivity contribution in [2.24, 2.45) is 5.41 Å². The monoisotopic (exact) mass is 286 g/mol. The summed E-state index contributed by atoms with van der Waals surface area (Å²) in [6.45, 7) is 4.68. The highest BCUT2D eigenvalue weighted by Crippen LogP contribution is 2.19. The van der Waals surface area contributed by atoms with E-state index in [1.54, 1.807) is 20.8 Å². The lowest BCUT2D eigenvalue weighted by Crippen LogP contribution is -2.38. The van der Waals surface area contributed by atoms with E-state index >= 15 is 0 Å². The van der Waals surface area contributed by atoms with Gasteiger partial charge in [0.15, 0.2) is 0 Å². The van der Waals surface area contributed by atoms with Gasteiger partial charge in [0.25, 0.3) is 15.7 Å². The Labute approximate surface area is 110 Å². The van der Waals surface area contributed by atoms with E-state index in [0.717, 1.165) is 6.07 Å². The van der Waals surface area contributed by atoms with Crippen LogP contribution in [-0.4, -0.2) is 19.2 Å². The maximum Gasteiger partial charge on any atom is 0.270 e. The number of carbonyl (C=O) groups is 1. The van der Waals surface area contributed by atoms with Crippen LogP contribution in [0, 0.1) is 15.5 Å². The molecule has 0 unspecified atom stereocenters. The van der Waals surface area contributed by atoms with E-state index in [1.165, 1.54) is 18.2 Å². The molecular weight excluding hydrogens is 272 g/mol. The van der Waals surface area contributed by atoms with E-state index in [9.17, 15) is 23.3 Å². The first kappa shape index (κ1) is 15.1. The number of nitro benzene ring substituents is 1. The summed E-state index contributed by atoms with van der Waals surface area (Å²) in [6.07, 6.45) is 0. The highest BCUT2D eigenvalue weighted by molar-refractivity contribution is 7.90. The first-order valence-corrected chi connectivity index (χ1v) is 6.84. The maximum absolute atomic E-state index is 11.9. The number of nitrogens with zero attached hydrogens (tertiary/aromatic N) is 1. The zero-order valence-corrected chi connectivity index (χ0v) is 11.5. The van der Waals surface area contributed by atoms with Gasteiger partial charge in [0.1, 0.15) is 0 Å². The number of carbonyl (C=O) groups excluding carboxylic acids is 1. The normalized spacial score (nSPS) is 11.9. The molecule has 1 rings (SSSR count). The molecule has 104 valence electrons. The molecule has 0 saturated heterocycles. The standard InChI is InChI=1S/C11H14N2O5S/c1-11(2,3)10(14)12-19(17,18)9-6-4-5-8(7-9)13(15)16/h4-7H,1-3H3,(H,12,14). The molecule has 1 aromatic rings. The van der Waals surface area contributed by atoms with Crippen molar-refractivity contribution in [2.75, 3.05) is 0 Å². The van der Waals surface area contributed by atoms with Gasteiger partial charge < -0.3 is 0 Å². The molecule has 0 bridgehead atoms. The van der Waals surface area contributed by atoms with Gasteiger partial charge in [0.05, 0.1) is 9.82 Å². The first-order chi connectivity index (χ1) is 8.54. The van der Waals surface area contributed by atoms with Crippen molar-refractivity contribution in [3.8, 4) is 0 Å². The zero-order valence-electron chi connectivity index (χ0n) is 10.7. The number of nitrogens with one attached hydrogen (secondary N) is 1. The Kier molecular flexibility index (Phi) is 3.94. The van der Waals surface area contributed by atoms with Crippen molar-refractivity contribution >= 4 is 21.6 Å². The Morgan fingerprint density at radius 1 is 1.32 bits per heavy atom. The molecular formula is C11H14N2O5S. The fourth-order valence-corrected chi connectivity index (χ4v) is 2.30. The van der Waals surface area contributed by atoms with Crippen LogP contribution in [-0.2, 0) is 14.8 Å². The molecule has 1 aromatic carbocycles. The minimum absolute atomic E-state index is 0.320. The summed E-state index contributed by atoms with van der Waals surface area (Å²) < 4.78 is 25.7. The summed E-state index contributed by atoms with van der Waals surface area (Å²) in [6, 6.07) is 4.50. The number of hydrogen-bond acceptors (Lipinski definition) is 5. The molecule has 0 heterocycles. The molecule has 0 radical (unpaired) electrons. The lowest BCUT2D eigenvalue weighted by atomic mass is 9.96. The Bertz CT molecular complexity index is 616. The molecule has 0 aliphatic rings. The average molecular weight is 286 g/mol. The molecule has 7 nitrogen and oxygen atoms in total.